The van der Waals surface area contributed by atoms with Crippen LogP contribution in [0.25, 0.3) is 0 Å². The predicted molar refractivity (Wildman–Crippen MR) is 123 cm³/mol. The summed E-state index contributed by atoms with van der Waals surface area (Å²) in [6.45, 7) is 2.39. The molecule has 8 nitrogen and oxygen atoms in total. The van der Waals surface area contributed by atoms with Gasteiger partial charge in [0.1, 0.15) is 12.6 Å². The van der Waals surface area contributed by atoms with Crippen LogP contribution in [0.2, 0.25) is 0 Å². The van der Waals surface area contributed by atoms with E-state index in [1.807, 2.05) is 37.3 Å². The first kappa shape index (κ1) is 22.1. The molecule has 2 aromatic carbocycles. The van der Waals surface area contributed by atoms with E-state index in [4.69, 9.17) is 4.74 Å². The Labute approximate surface area is 197 Å². The van der Waals surface area contributed by atoms with E-state index >= 15 is 0 Å². The van der Waals surface area contributed by atoms with E-state index < -0.39 is 18.0 Å². The molecule has 0 aromatic heterocycles. The summed E-state index contributed by atoms with van der Waals surface area (Å²) in [6.07, 6.45) is 1.77. The van der Waals surface area contributed by atoms with Crippen molar-refractivity contribution in [2.75, 3.05) is 0 Å². The minimum absolute atomic E-state index is 0.0446. The molecular formula is C26H27N3O5. The van der Waals surface area contributed by atoms with Crippen LogP contribution in [0.3, 0.4) is 0 Å². The minimum atomic E-state index is -0.647. The number of nitrogens with zero attached hydrogens (tertiary/aromatic N) is 1. The molecule has 5 rings (SSSR count). The number of carbonyl (C=O) groups excluding carboxylic acids is 4. The summed E-state index contributed by atoms with van der Waals surface area (Å²) in [5.74, 6) is -0.558. The lowest BCUT2D eigenvalue weighted by molar-refractivity contribution is -0.136. The quantitative estimate of drug-likeness (QED) is 0.666. The Morgan fingerprint density at radius 2 is 1.91 bits per heavy atom. The standard InChI is InChI=1S/C26H27N3O5/c1-26(12-19(13-26)17-5-3-2-4-6-17)28-25(33)34-15-16-7-8-18-14-29(24(32)20(18)11-16)21-9-10-22(30)27-23(21)31/h2-8,11,19,21H,9-10,12-15H2,1H3,(H,28,33)(H,27,30,31). The summed E-state index contributed by atoms with van der Waals surface area (Å²) in [5, 5.41) is 5.28. The summed E-state index contributed by atoms with van der Waals surface area (Å²) in [7, 11) is 0. The van der Waals surface area contributed by atoms with Crippen molar-refractivity contribution in [3.63, 3.8) is 0 Å². The largest absolute Gasteiger partial charge is 0.445 e. The first-order valence-corrected chi connectivity index (χ1v) is 11.6. The second-order valence-electron chi connectivity index (χ2n) is 9.67. The Hall–Kier alpha value is -3.68. The Morgan fingerprint density at radius 3 is 2.65 bits per heavy atom. The molecule has 34 heavy (non-hydrogen) atoms. The molecule has 1 saturated heterocycles. The smallest absolute Gasteiger partial charge is 0.407 e. The van der Waals surface area contributed by atoms with Gasteiger partial charge in [-0.2, -0.15) is 0 Å². The number of fused-ring (bicyclic) bond motifs is 1. The number of rotatable bonds is 5. The molecule has 2 aromatic rings. The first-order valence-electron chi connectivity index (χ1n) is 11.6. The molecule has 2 fully saturated rings. The second kappa shape index (κ2) is 8.59. The topological polar surface area (TPSA) is 105 Å². The SMILES string of the molecule is CC1(NC(=O)OCc2ccc3c(c2)C(=O)N(C2CCC(=O)NC2=O)C3)CC(c2ccccc2)C1. The van der Waals surface area contributed by atoms with Gasteiger partial charge in [0.2, 0.25) is 11.8 Å². The number of hydrogen-bond donors (Lipinski definition) is 2. The van der Waals surface area contributed by atoms with Crippen LogP contribution in [0.1, 0.15) is 65.6 Å². The van der Waals surface area contributed by atoms with E-state index in [1.165, 1.54) is 10.5 Å². The lowest BCUT2D eigenvalue weighted by Gasteiger charge is -2.45. The monoisotopic (exact) mass is 461 g/mol. The van der Waals surface area contributed by atoms with Crippen molar-refractivity contribution < 1.29 is 23.9 Å². The van der Waals surface area contributed by atoms with Gasteiger partial charge >= 0.3 is 6.09 Å². The van der Waals surface area contributed by atoms with Gasteiger partial charge in [-0.05, 0) is 54.9 Å². The van der Waals surface area contributed by atoms with E-state index in [0.29, 0.717) is 30.0 Å². The summed E-state index contributed by atoms with van der Waals surface area (Å²) in [5.41, 5.74) is 3.01. The van der Waals surface area contributed by atoms with Crippen molar-refractivity contribution in [3.05, 3.63) is 70.8 Å². The molecule has 3 aliphatic rings. The maximum absolute atomic E-state index is 12.9. The molecule has 2 aliphatic heterocycles. The summed E-state index contributed by atoms with van der Waals surface area (Å²) in [4.78, 5) is 50.4. The first-order chi connectivity index (χ1) is 16.3. The third-order valence-corrected chi connectivity index (χ3v) is 7.03. The van der Waals surface area contributed by atoms with Crippen molar-refractivity contribution in [2.45, 2.75) is 63.3 Å². The molecular weight excluding hydrogens is 434 g/mol. The zero-order chi connectivity index (χ0) is 23.9. The Bertz CT molecular complexity index is 1160. The van der Waals surface area contributed by atoms with Crippen molar-refractivity contribution in [1.29, 1.82) is 0 Å². The van der Waals surface area contributed by atoms with Gasteiger partial charge in [0.05, 0.1) is 0 Å². The molecule has 0 bridgehead atoms. The zero-order valence-electron chi connectivity index (χ0n) is 19.0. The number of amides is 4. The van der Waals surface area contributed by atoms with Crippen LogP contribution < -0.4 is 10.6 Å². The van der Waals surface area contributed by atoms with Gasteiger partial charge in [-0.25, -0.2) is 4.79 Å². The molecule has 1 saturated carbocycles. The maximum atomic E-state index is 12.9. The van der Waals surface area contributed by atoms with Crippen LogP contribution in [-0.2, 0) is 27.5 Å². The van der Waals surface area contributed by atoms with Gasteiger partial charge in [-0.15, -0.1) is 0 Å². The number of ether oxygens (including phenoxy) is 1. The molecule has 1 unspecified atom stereocenters. The number of alkyl carbamates (subject to hydrolysis) is 1. The van der Waals surface area contributed by atoms with E-state index in [2.05, 4.69) is 22.8 Å². The van der Waals surface area contributed by atoms with Gasteiger partial charge in [-0.1, -0.05) is 42.5 Å². The van der Waals surface area contributed by atoms with Crippen molar-refractivity contribution >= 4 is 23.8 Å². The minimum Gasteiger partial charge on any atom is -0.445 e. The van der Waals surface area contributed by atoms with E-state index in [9.17, 15) is 19.2 Å². The Kier molecular flexibility index (Phi) is 5.59. The summed E-state index contributed by atoms with van der Waals surface area (Å²) < 4.78 is 5.43. The fourth-order valence-corrected chi connectivity index (χ4v) is 5.21. The molecule has 2 heterocycles. The van der Waals surface area contributed by atoms with Crippen molar-refractivity contribution in [3.8, 4) is 0 Å². The second-order valence-corrected chi connectivity index (χ2v) is 9.67. The molecule has 2 N–H and O–H groups in total. The van der Waals surface area contributed by atoms with E-state index in [-0.39, 0.29) is 30.4 Å². The molecule has 4 amide bonds. The van der Waals surface area contributed by atoms with Crippen LogP contribution in [0.4, 0.5) is 4.79 Å². The third-order valence-electron chi connectivity index (χ3n) is 7.03. The lowest BCUT2D eigenvalue weighted by Crippen LogP contribution is -2.54. The van der Waals surface area contributed by atoms with Gasteiger partial charge in [0, 0.05) is 24.1 Å². The molecule has 1 atom stereocenters. The number of imide groups is 1. The Morgan fingerprint density at radius 1 is 1.15 bits per heavy atom. The number of hydrogen-bond acceptors (Lipinski definition) is 5. The highest BCUT2D eigenvalue weighted by atomic mass is 16.5. The maximum Gasteiger partial charge on any atom is 0.407 e. The highest BCUT2D eigenvalue weighted by Crippen LogP contribution is 2.44. The number of carbonyl (C=O) groups is 4. The Balaban J connectivity index is 1.15. The van der Waals surface area contributed by atoms with Gasteiger partial charge in [0.15, 0.2) is 0 Å². The highest BCUT2D eigenvalue weighted by molar-refractivity contribution is 6.05. The molecule has 0 spiro atoms. The van der Waals surface area contributed by atoms with Gasteiger partial charge < -0.3 is 15.0 Å². The number of piperidine rings is 1. The third kappa shape index (κ3) is 4.27. The van der Waals surface area contributed by atoms with Crippen LogP contribution in [0.5, 0.6) is 0 Å². The normalized spacial score (nSPS) is 25.9. The van der Waals surface area contributed by atoms with Crippen molar-refractivity contribution in [1.82, 2.24) is 15.5 Å². The van der Waals surface area contributed by atoms with E-state index in [0.717, 1.165) is 18.4 Å². The lowest BCUT2D eigenvalue weighted by atomic mass is 9.67. The summed E-state index contributed by atoms with van der Waals surface area (Å²) in [6, 6.07) is 15.0. The van der Waals surface area contributed by atoms with Crippen LogP contribution in [-0.4, -0.2) is 40.3 Å². The van der Waals surface area contributed by atoms with Crippen molar-refractivity contribution in [2.24, 2.45) is 0 Å². The van der Waals surface area contributed by atoms with Crippen LogP contribution in [0.15, 0.2) is 48.5 Å². The van der Waals surface area contributed by atoms with Gasteiger partial charge in [0.25, 0.3) is 5.91 Å². The molecule has 0 radical (unpaired) electrons. The molecule has 8 heteroatoms. The predicted octanol–water partition coefficient (Wildman–Crippen LogP) is 3.01. The molecule has 176 valence electrons. The van der Waals surface area contributed by atoms with Gasteiger partial charge in [-0.3, -0.25) is 19.7 Å². The average Bonchev–Trinajstić information content (AvgIpc) is 3.12. The average molecular weight is 462 g/mol. The zero-order valence-corrected chi connectivity index (χ0v) is 19.0. The van der Waals surface area contributed by atoms with E-state index in [1.54, 1.807) is 6.07 Å². The highest BCUT2D eigenvalue weighted by Gasteiger charge is 2.42. The number of benzene rings is 2. The molecule has 1 aliphatic carbocycles. The fraction of sp³-hybridized carbons (Fsp3) is 0.385. The summed E-state index contributed by atoms with van der Waals surface area (Å²) >= 11 is 0. The van der Waals surface area contributed by atoms with Crippen LogP contribution >= 0.6 is 0 Å². The number of nitrogens with one attached hydrogen (secondary N) is 2. The fourth-order valence-electron chi connectivity index (χ4n) is 5.21. The van der Waals surface area contributed by atoms with Crippen LogP contribution in [0, 0.1) is 0 Å².